The van der Waals surface area contributed by atoms with Crippen LogP contribution in [-0.4, -0.2) is 0 Å². The van der Waals surface area contributed by atoms with Crippen LogP contribution in [0.15, 0.2) is 121 Å². The van der Waals surface area contributed by atoms with Crippen LogP contribution in [0.2, 0.25) is 0 Å². The van der Waals surface area contributed by atoms with Crippen LogP contribution in [0.5, 0.6) is 0 Å². The Labute approximate surface area is 277 Å². The van der Waals surface area contributed by atoms with Crippen molar-refractivity contribution in [2.45, 2.75) is 39.5 Å². The van der Waals surface area contributed by atoms with Crippen molar-refractivity contribution in [1.82, 2.24) is 0 Å². The molecule has 3 aliphatic rings. The Kier molecular flexibility index (Phi) is 6.71. The quantitative estimate of drug-likeness (QED) is 0.176. The highest BCUT2D eigenvalue weighted by atomic mass is 14.3. The molecule has 6 aromatic carbocycles. The summed E-state index contributed by atoms with van der Waals surface area (Å²) in [6.45, 7) is 4.46. The van der Waals surface area contributed by atoms with Crippen LogP contribution in [0.3, 0.4) is 0 Å². The maximum absolute atomic E-state index is 2.47. The van der Waals surface area contributed by atoms with Crippen LogP contribution < -0.4 is 0 Å². The molecule has 1 unspecified atom stereocenters. The minimum Gasteiger partial charge on any atom is -0.0870 e. The van der Waals surface area contributed by atoms with Gasteiger partial charge in [0.2, 0.25) is 0 Å². The van der Waals surface area contributed by atoms with E-state index in [0.717, 1.165) is 19.3 Å². The zero-order chi connectivity index (χ0) is 31.5. The van der Waals surface area contributed by atoms with Crippen LogP contribution in [0.4, 0.5) is 0 Å². The van der Waals surface area contributed by atoms with Gasteiger partial charge in [-0.05, 0) is 156 Å². The van der Waals surface area contributed by atoms with Crippen molar-refractivity contribution >= 4 is 61.7 Å². The van der Waals surface area contributed by atoms with Gasteiger partial charge in [-0.25, -0.2) is 0 Å². The van der Waals surface area contributed by atoms with Gasteiger partial charge >= 0.3 is 0 Å². The first-order valence-corrected chi connectivity index (χ1v) is 17.2. The summed E-state index contributed by atoms with van der Waals surface area (Å²) in [5, 5.41) is 8.11. The van der Waals surface area contributed by atoms with E-state index in [0.29, 0.717) is 5.92 Å². The summed E-state index contributed by atoms with van der Waals surface area (Å²) in [5.74, 6) is 0.596. The molecular weight excluding hydrogens is 565 g/mol. The van der Waals surface area contributed by atoms with Crippen LogP contribution >= 0.6 is 0 Å². The van der Waals surface area contributed by atoms with E-state index in [1.54, 1.807) is 0 Å². The SMILES string of the molecule is C/C=C\C(=C/C1=Cc2ccc(-c3cc4c(c5ccccc35)C=CCC4)c3cccc1c23)c1cc2c(c3ccccc13)CCC(C)C=C2. The molecule has 6 aromatic rings. The third-order valence-corrected chi connectivity index (χ3v) is 10.6. The van der Waals surface area contributed by atoms with Gasteiger partial charge in [0.1, 0.15) is 0 Å². The molecule has 0 spiro atoms. The summed E-state index contributed by atoms with van der Waals surface area (Å²) in [4.78, 5) is 0. The fourth-order valence-corrected chi connectivity index (χ4v) is 8.34. The van der Waals surface area contributed by atoms with Crippen molar-refractivity contribution in [2.24, 2.45) is 5.92 Å². The first kappa shape index (κ1) is 28.1. The smallest absolute Gasteiger partial charge is 0.00264 e. The largest absolute Gasteiger partial charge is 0.0870 e. The maximum atomic E-state index is 2.47. The summed E-state index contributed by atoms with van der Waals surface area (Å²) in [5.41, 5.74) is 14.8. The zero-order valence-electron chi connectivity index (χ0n) is 27.2. The Morgan fingerprint density at radius 2 is 1.51 bits per heavy atom. The van der Waals surface area contributed by atoms with Gasteiger partial charge in [0.05, 0.1) is 0 Å². The van der Waals surface area contributed by atoms with Crippen molar-refractivity contribution in [1.29, 1.82) is 0 Å². The molecule has 0 aromatic heterocycles. The number of benzene rings is 6. The average Bonchev–Trinajstić information content (AvgIpc) is 3.35. The monoisotopic (exact) mass is 602 g/mol. The summed E-state index contributed by atoms with van der Waals surface area (Å²) in [7, 11) is 0. The highest BCUT2D eigenvalue weighted by molar-refractivity contribution is 6.18. The van der Waals surface area contributed by atoms with Crippen LogP contribution in [0.25, 0.3) is 72.8 Å². The van der Waals surface area contributed by atoms with Crippen molar-refractivity contribution in [3.63, 3.8) is 0 Å². The van der Waals surface area contributed by atoms with E-state index in [1.165, 1.54) is 100.0 Å². The van der Waals surface area contributed by atoms with Gasteiger partial charge in [-0.1, -0.05) is 122 Å². The van der Waals surface area contributed by atoms with Crippen LogP contribution in [-0.2, 0) is 12.8 Å². The number of allylic oxidation sites excluding steroid dienone is 7. The molecule has 0 heterocycles. The van der Waals surface area contributed by atoms with Crippen molar-refractivity contribution in [3.05, 3.63) is 160 Å². The van der Waals surface area contributed by atoms with Gasteiger partial charge in [-0.15, -0.1) is 0 Å². The highest BCUT2D eigenvalue weighted by Gasteiger charge is 2.22. The second-order valence-corrected chi connectivity index (χ2v) is 13.5. The van der Waals surface area contributed by atoms with E-state index in [9.17, 15) is 0 Å². The summed E-state index contributed by atoms with van der Waals surface area (Å²) >= 11 is 0. The van der Waals surface area contributed by atoms with Gasteiger partial charge in [0.15, 0.2) is 0 Å². The number of hydrogen-bond acceptors (Lipinski definition) is 0. The fourth-order valence-electron chi connectivity index (χ4n) is 8.34. The first-order chi connectivity index (χ1) is 23.2. The second-order valence-electron chi connectivity index (χ2n) is 13.5. The topological polar surface area (TPSA) is 0 Å². The van der Waals surface area contributed by atoms with Gasteiger partial charge < -0.3 is 0 Å². The van der Waals surface area contributed by atoms with E-state index >= 15 is 0 Å². The van der Waals surface area contributed by atoms with Crippen molar-refractivity contribution in [2.75, 3.05) is 0 Å². The molecule has 9 rings (SSSR count). The molecule has 0 bridgehead atoms. The lowest BCUT2D eigenvalue weighted by molar-refractivity contribution is 0.656. The molecular formula is C47H38. The van der Waals surface area contributed by atoms with Crippen molar-refractivity contribution in [3.8, 4) is 11.1 Å². The Hall–Kier alpha value is -5.20. The molecule has 47 heavy (non-hydrogen) atoms. The normalized spacial score (nSPS) is 17.0. The molecule has 3 aliphatic carbocycles. The highest BCUT2D eigenvalue weighted by Crippen LogP contribution is 2.45. The molecule has 0 saturated heterocycles. The van der Waals surface area contributed by atoms with E-state index < -0.39 is 0 Å². The van der Waals surface area contributed by atoms with E-state index in [1.807, 2.05) is 0 Å². The second kappa shape index (κ2) is 11.2. The Morgan fingerprint density at radius 3 is 2.38 bits per heavy atom. The lowest BCUT2D eigenvalue weighted by Gasteiger charge is -2.19. The van der Waals surface area contributed by atoms with Gasteiger partial charge in [-0.2, -0.15) is 0 Å². The van der Waals surface area contributed by atoms with Gasteiger partial charge in [-0.3, -0.25) is 0 Å². The summed E-state index contributed by atoms with van der Waals surface area (Å²) in [6.07, 6.45) is 23.2. The average molecular weight is 603 g/mol. The zero-order valence-corrected chi connectivity index (χ0v) is 27.2. The minimum absolute atomic E-state index is 0.596. The standard InChI is InChI=1S/C47H38/c1-3-11-31(45-28-33-22-20-30(2)21-24-37(33)40-15-6-8-16-41(40)45)26-35-27-34-23-25-43(44-19-10-18-38(35)47(34)44)46-29-32-12-4-5-13-36(32)39-14-7-9-17-42(39)46/h3,5-11,13-20,22-23,25-30H,4,12,21,24H2,1-2H3/b11-3-,31-26+. The maximum Gasteiger partial charge on any atom is -0.00264 e. The fraction of sp³-hybridized carbons (Fsp3) is 0.149. The van der Waals surface area contributed by atoms with Crippen molar-refractivity contribution < 1.29 is 0 Å². The van der Waals surface area contributed by atoms with Gasteiger partial charge in [0.25, 0.3) is 0 Å². The number of rotatable bonds is 4. The lowest BCUT2D eigenvalue weighted by atomic mass is 9.85. The summed E-state index contributed by atoms with van der Waals surface area (Å²) in [6, 6.07) is 34.5. The van der Waals surface area contributed by atoms with E-state index in [2.05, 4.69) is 153 Å². The molecule has 1 atom stereocenters. The molecule has 226 valence electrons. The van der Waals surface area contributed by atoms with Crippen LogP contribution in [0.1, 0.15) is 65.6 Å². The van der Waals surface area contributed by atoms with Gasteiger partial charge in [0, 0.05) is 0 Å². The predicted molar refractivity (Wildman–Crippen MR) is 205 cm³/mol. The first-order valence-electron chi connectivity index (χ1n) is 17.2. The molecule has 0 aliphatic heterocycles. The van der Waals surface area contributed by atoms with Crippen LogP contribution in [0, 0.1) is 5.92 Å². The minimum atomic E-state index is 0.596. The molecule has 0 N–H and O–H groups in total. The molecule has 0 nitrogen and oxygen atoms in total. The summed E-state index contributed by atoms with van der Waals surface area (Å²) < 4.78 is 0. The number of fused-ring (bicyclic) bond motifs is 6. The molecule has 0 heteroatoms. The third kappa shape index (κ3) is 4.58. The lowest BCUT2D eigenvalue weighted by Crippen LogP contribution is -1.97. The molecule has 0 radical (unpaired) electrons. The molecule has 0 amide bonds. The van der Waals surface area contributed by atoms with E-state index in [-0.39, 0.29) is 0 Å². The Morgan fingerprint density at radius 1 is 0.702 bits per heavy atom. The van der Waals surface area contributed by atoms with E-state index in [4.69, 9.17) is 0 Å². The molecule has 0 fully saturated rings. The molecule has 0 saturated carbocycles. The third-order valence-electron chi connectivity index (χ3n) is 10.6. The number of aryl methyl sites for hydroxylation is 2. The predicted octanol–water partition coefficient (Wildman–Crippen LogP) is 12.9. The Balaban J connectivity index is 1.22. The Bertz CT molecular complexity index is 2420. The number of hydrogen-bond donors (Lipinski definition) is 0.